The monoisotopic (exact) mass is 411 g/mol. The van der Waals surface area contributed by atoms with E-state index in [4.69, 9.17) is 4.74 Å². The minimum atomic E-state index is -4.54. The average Bonchev–Trinajstić information content (AvgIpc) is 3.05. The fourth-order valence-corrected chi connectivity index (χ4v) is 3.46. The molecule has 7 heteroatoms. The summed E-state index contributed by atoms with van der Waals surface area (Å²) in [5.41, 5.74) is 3.29. The van der Waals surface area contributed by atoms with Crippen LogP contribution in [0.25, 0.3) is 28.0 Å². The molecule has 0 amide bonds. The van der Waals surface area contributed by atoms with Gasteiger partial charge in [0.25, 0.3) is 0 Å². The molecule has 0 saturated carbocycles. The molecular formula is C23H20F3N3O. The lowest BCUT2D eigenvalue weighted by atomic mass is 10.0. The Bertz CT molecular complexity index is 1240. The fourth-order valence-electron chi connectivity index (χ4n) is 3.46. The number of alkyl halides is 3. The Morgan fingerprint density at radius 3 is 2.20 bits per heavy atom. The minimum Gasteiger partial charge on any atom is -0.497 e. The van der Waals surface area contributed by atoms with Crippen molar-refractivity contribution in [3.8, 4) is 22.7 Å². The number of nitrogens with zero attached hydrogens (tertiary/aromatic N) is 3. The van der Waals surface area contributed by atoms with E-state index >= 15 is 0 Å². The molecular weight excluding hydrogens is 391 g/mol. The smallest absolute Gasteiger partial charge is 0.417 e. The second-order valence-corrected chi connectivity index (χ2v) is 7.25. The van der Waals surface area contributed by atoms with Gasteiger partial charge in [0.2, 0.25) is 0 Å². The van der Waals surface area contributed by atoms with Crippen molar-refractivity contribution in [2.75, 3.05) is 7.11 Å². The third-order valence-corrected chi connectivity index (χ3v) is 5.24. The summed E-state index contributed by atoms with van der Waals surface area (Å²) in [6.45, 7) is 5.51. The lowest BCUT2D eigenvalue weighted by molar-refractivity contribution is -0.136. The first-order valence-electron chi connectivity index (χ1n) is 9.38. The zero-order valence-corrected chi connectivity index (χ0v) is 17.0. The van der Waals surface area contributed by atoms with Gasteiger partial charge >= 0.3 is 6.18 Å². The number of fused-ring (bicyclic) bond motifs is 1. The molecule has 0 atom stereocenters. The molecule has 0 aliphatic rings. The van der Waals surface area contributed by atoms with Crippen molar-refractivity contribution in [3.05, 3.63) is 70.9 Å². The van der Waals surface area contributed by atoms with E-state index in [1.165, 1.54) is 11.8 Å². The van der Waals surface area contributed by atoms with Crippen LogP contribution in [0.4, 0.5) is 13.2 Å². The normalized spacial score (nSPS) is 11.8. The van der Waals surface area contributed by atoms with Crippen molar-refractivity contribution in [1.82, 2.24) is 14.8 Å². The van der Waals surface area contributed by atoms with Crippen LogP contribution in [0.1, 0.15) is 22.4 Å². The van der Waals surface area contributed by atoms with Crippen LogP contribution >= 0.6 is 0 Å². The number of ether oxygens (including phenoxy) is 1. The number of benzene rings is 2. The van der Waals surface area contributed by atoms with Crippen LogP contribution in [0.3, 0.4) is 0 Å². The van der Waals surface area contributed by atoms with Crippen molar-refractivity contribution >= 4 is 11.0 Å². The van der Waals surface area contributed by atoms with Crippen LogP contribution in [-0.2, 0) is 6.18 Å². The summed E-state index contributed by atoms with van der Waals surface area (Å²) in [6.07, 6.45) is -4.54. The van der Waals surface area contributed by atoms with Gasteiger partial charge < -0.3 is 4.74 Å². The van der Waals surface area contributed by atoms with E-state index in [0.29, 0.717) is 17.0 Å². The zero-order chi connectivity index (χ0) is 21.6. The summed E-state index contributed by atoms with van der Waals surface area (Å²) in [6, 6.07) is 13.5. The highest BCUT2D eigenvalue weighted by Crippen LogP contribution is 2.39. The van der Waals surface area contributed by atoms with Gasteiger partial charge in [-0.15, -0.1) is 0 Å². The van der Waals surface area contributed by atoms with Gasteiger partial charge in [-0.2, -0.15) is 18.3 Å². The molecule has 2 aromatic carbocycles. The van der Waals surface area contributed by atoms with Crippen molar-refractivity contribution < 1.29 is 17.9 Å². The van der Waals surface area contributed by atoms with Crippen LogP contribution in [0.5, 0.6) is 5.75 Å². The Kier molecular flexibility index (Phi) is 4.76. The average molecular weight is 411 g/mol. The number of methoxy groups -OCH3 is 1. The van der Waals surface area contributed by atoms with Gasteiger partial charge in [0.15, 0.2) is 5.65 Å². The van der Waals surface area contributed by atoms with Crippen LogP contribution < -0.4 is 4.74 Å². The van der Waals surface area contributed by atoms with E-state index in [1.807, 2.05) is 32.0 Å². The molecule has 0 N–H and O–H groups in total. The van der Waals surface area contributed by atoms with Gasteiger partial charge in [-0.1, -0.05) is 6.07 Å². The summed E-state index contributed by atoms with van der Waals surface area (Å²) in [4.78, 5) is 4.58. The van der Waals surface area contributed by atoms with Gasteiger partial charge in [0.1, 0.15) is 5.75 Å². The molecule has 2 aromatic heterocycles. The second kappa shape index (κ2) is 7.16. The SMILES string of the molecule is COc1ccc(-c2cc(C(F)(F)F)c3c(C)nn(-c4ccc(C)c(C)c4)c3n2)cc1. The Morgan fingerprint density at radius 2 is 1.60 bits per heavy atom. The molecule has 0 bridgehead atoms. The maximum atomic E-state index is 14.0. The van der Waals surface area contributed by atoms with Gasteiger partial charge in [0.05, 0.1) is 35.1 Å². The highest BCUT2D eigenvalue weighted by molar-refractivity contribution is 5.87. The zero-order valence-electron chi connectivity index (χ0n) is 17.0. The van der Waals surface area contributed by atoms with E-state index in [2.05, 4.69) is 10.1 Å². The predicted octanol–water partition coefficient (Wildman–Crippen LogP) is 6.04. The molecule has 0 saturated heterocycles. The lowest BCUT2D eigenvalue weighted by Gasteiger charge is -2.12. The first-order valence-corrected chi connectivity index (χ1v) is 9.38. The summed E-state index contributed by atoms with van der Waals surface area (Å²) in [5.74, 6) is 0.617. The highest BCUT2D eigenvalue weighted by Gasteiger charge is 2.35. The molecule has 30 heavy (non-hydrogen) atoms. The van der Waals surface area contributed by atoms with E-state index in [-0.39, 0.29) is 22.4 Å². The number of pyridine rings is 1. The molecule has 0 unspecified atom stereocenters. The van der Waals surface area contributed by atoms with Crippen LogP contribution in [0.2, 0.25) is 0 Å². The number of halogens is 3. The first-order chi connectivity index (χ1) is 14.2. The van der Waals surface area contributed by atoms with Crippen molar-refractivity contribution in [1.29, 1.82) is 0 Å². The molecule has 4 nitrogen and oxygen atoms in total. The van der Waals surface area contributed by atoms with Crippen LogP contribution in [0, 0.1) is 20.8 Å². The number of rotatable bonds is 3. The van der Waals surface area contributed by atoms with E-state index in [0.717, 1.165) is 17.2 Å². The standard InChI is InChI=1S/C23H20F3N3O/c1-13-5-8-17(11-14(13)2)29-22-21(15(3)28-29)19(23(24,25)26)12-20(27-22)16-6-9-18(30-4)10-7-16/h5-12H,1-4H3. The van der Waals surface area contributed by atoms with Crippen LogP contribution in [-0.4, -0.2) is 21.9 Å². The molecule has 4 aromatic rings. The molecule has 0 fully saturated rings. The summed E-state index contributed by atoms with van der Waals surface area (Å²) in [7, 11) is 1.53. The van der Waals surface area contributed by atoms with Gasteiger partial charge in [0, 0.05) is 5.56 Å². The van der Waals surface area contributed by atoms with E-state index in [1.54, 1.807) is 31.2 Å². The molecule has 0 radical (unpaired) electrons. The van der Waals surface area contributed by atoms with Crippen molar-refractivity contribution in [3.63, 3.8) is 0 Å². The summed E-state index contributed by atoms with van der Waals surface area (Å²) >= 11 is 0. The third-order valence-electron chi connectivity index (χ3n) is 5.24. The quantitative estimate of drug-likeness (QED) is 0.413. The lowest BCUT2D eigenvalue weighted by Crippen LogP contribution is -2.08. The number of aromatic nitrogens is 3. The molecule has 4 rings (SSSR count). The Balaban J connectivity index is 2.02. The molecule has 0 aliphatic carbocycles. The Morgan fingerprint density at radius 1 is 0.900 bits per heavy atom. The fraction of sp³-hybridized carbons (Fsp3) is 0.217. The largest absolute Gasteiger partial charge is 0.497 e. The topological polar surface area (TPSA) is 39.9 Å². The molecule has 0 aliphatic heterocycles. The van der Waals surface area contributed by atoms with Gasteiger partial charge in [-0.25, -0.2) is 9.67 Å². The minimum absolute atomic E-state index is 0.0120. The Hall–Kier alpha value is -3.35. The van der Waals surface area contributed by atoms with Crippen molar-refractivity contribution in [2.24, 2.45) is 0 Å². The highest BCUT2D eigenvalue weighted by atomic mass is 19.4. The second-order valence-electron chi connectivity index (χ2n) is 7.25. The van der Waals surface area contributed by atoms with E-state index < -0.39 is 11.7 Å². The summed E-state index contributed by atoms with van der Waals surface area (Å²) in [5, 5.41) is 4.41. The number of aryl methyl sites for hydroxylation is 3. The predicted molar refractivity (Wildman–Crippen MR) is 110 cm³/mol. The first kappa shape index (κ1) is 19.9. The van der Waals surface area contributed by atoms with Crippen molar-refractivity contribution in [2.45, 2.75) is 26.9 Å². The van der Waals surface area contributed by atoms with E-state index in [9.17, 15) is 13.2 Å². The molecule has 154 valence electrons. The van der Waals surface area contributed by atoms with Crippen LogP contribution in [0.15, 0.2) is 48.5 Å². The molecule has 0 spiro atoms. The maximum Gasteiger partial charge on any atom is 0.417 e. The number of hydrogen-bond donors (Lipinski definition) is 0. The summed E-state index contributed by atoms with van der Waals surface area (Å²) < 4.78 is 48.5. The van der Waals surface area contributed by atoms with Gasteiger partial charge in [-0.05, 0) is 74.4 Å². The Labute approximate surface area is 171 Å². The molecule has 2 heterocycles. The maximum absolute atomic E-state index is 14.0. The third kappa shape index (κ3) is 3.40. The number of hydrogen-bond acceptors (Lipinski definition) is 3. The van der Waals surface area contributed by atoms with Gasteiger partial charge in [-0.3, -0.25) is 0 Å².